The van der Waals surface area contributed by atoms with Crippen LogP contribution in [0.3, 0.4) is 0 Å². The monoisotopic (exact) mass is 223 g/mol. The number of rotatable bonds is 3. The Bertz CT molecular complexity index is 389. The van der Waals surface area contributed by atoms with Gasteiger partial charge in [0.05, 0.1) is 12.1 Å². The Morgan fingerprint density at radius 1 is 1.53 bits per heavy atom. The minimum absolute atomic E-state index is 0.0601. The van der Waals surface area contributed by atoms with E-state index >= 15 is 0 Å². The number of aliphatic carboxylic acids is 1. The van der Waals surface area contributed by atoms with Crippen LogP contribution in [-0.2, 0) is 11.2 Å². The minimum atomic E-state index is -0.886. The van der Waals surface area contributed by atoms with Gasteiger partial charge in [-0.15, -0.1) is 11.6 Å². The Morgan fingerprint density at radius 2 is 2.33 bits per heavy atom. The summed E-state index contributed by atoms with van der Waals surface area (Å²) < 4.78 is 0. The van der Waals surface area contributed by atoms with Crippen LogP contribution in [0.1, 0.15) is 17.7 Å². The molecule has 1 N–H and O–H groups in total. The van der Waals surface area contributed by atoms with Crippen LogP contribution >= 0.6 is 11.6 Å². The van der Waals surface area contributed by atoms with Crippen molar-refractivity contribution in [3.8, 4) is 11.8 Å². The van der Waals surface area contributed by atoms with Crippen LogP contribution in [0.15, 0.2) is 18.3 Å². The van der Waals surface area contributed by atoms with E-state index in [0.717, 1.165) is 5.56 Å². The molecule has 0 aliphatic heterocycles. The summed E-state index contributed by atoms with van der Waals surface area (Å²) in [6, 6.07) is 3.42. The molecule has 0 amide bonds. The molecule has 78 valence electrons. The average molecular weight is 224 g/mol. The van der Waals surface area contributed by atoms with Crippen molar-refractivity contribution in [1.29, 1.82) is 0 Å². The van der Waals surface area contributed by atoms with Crippen molar-refractivity contribution < 1.29 is 9.90 Å². The largest absolute Gasteiger partial charge is 0.481 e. The van der Waals surface area contributed by atoms with Gasteiger partial charge in [0.2, 0.25) is 0 Å². The van der Waals surface area contributed by atoms with Crippen molar-refractivity contribution in [1.82, 2.24) is 4.98 Å². The summed E-state index contributed by atoms with van der Waals surface area (Å²) in [5, 5.41) is 8.53. The molecule has 0 unspecified atom stereocenters. The van der Waals surface area contributed by atoms with Gasteiger partial charge in [-0.05, 0) is 12.1 Å². The van der Waals surface area contributed by atoms with Crippen molar-refractivity contribution in [3.05, 3.63) is 29.6 Å². The van der Waals surface area contributed by atoms with E-state index in [2.05, 4.69) is 16.8 Å². The van der Waals surface area contributed by atoms with Gasteiger partial charge >= 0.3 is 5.97 Å². The lowest BCUT2D eigenvalue weighted by molar-refractivity contribution is -0.136. The summed E-state index contributed by atoms with van der Waals surface area (Å²) >= 11 is 5.47. The van der Waals surface area contributed by atoms with Crippen LogP contribution < -0.4 is 0 Å². The molecule has 0 atom stereocenters. The van der Waals surface area contributed by atoms with Crippen LogP contribution in [0.4, 0.5) is 0 Å². The van der Waals surface area contributed by atoms with E-state index in [9.17, 15) is 4.79 Å². The Hall–Kier alpha value is -1.53. The third-order valence-electron chi connectivity index (χ3n) is 1.61. The highest BCUT2D eigenvalue weighted by molar-refractivity contribution is 6.18. The van der Waals surface area contributed by atoms with E-state index in [0.29, 0.717) is 18.0 Å². The quantitative estimate of drug-likeness (QED) is 0.627. The smallest absolute Gasteiger partial charge is 0.309 e. The maximum absolute atomic E-state index is 10.4. The summed E-state index contributed by atoms with van der Waals surface area (Å²) in [6.07, 6.45) is 2.15. The zero-order valence-electron chi connectivity index (χ0n) is 8.03. The molecule has 4 heteroatoms. The third-order valence-corrected chi connectivity index (χ3v) is 1.80. The SMILES string of the molecule is O=C(O)Cc1ccc(C#CCCCl)cn1. The molecule has 0 radical (unpaired) electrons. The first-order chi connectivity index (χ1) is 7.22. The Labute approximate surface area is 93.1 Å². The molecule has 0 aliphatic carbocycles. The summed E-state index contributed by atoms with van der Waals surface area (Å²) in [7, 11) is 0. The molecule has 1 rings (SSSR count). The number of hydrogen-bond acceptors (Lipinski definition) is 2. The summed E-state index contributed by atoms with van der Waals surface area (Å²) in [6.45, 7) is 0. The second-order valence-corrected chi connectivity index (χ2v) is 3.23. The van der Waals surface area contributed by atoms with Gasteiger partial charge in [-0.1, -0.05) is 11.8 Å². The molecule has 0 saturated carbocycles. The van der Waals surface area contributed by atoms with E-state index in [1.54, 1.807) is 18.3 Å². The normalized spacial score (nSPS) is 9.13. The van der Waals surface area contributed by atoms with Crippen LogP contribution in [0.5, 0.6) is 0 Å². The Kier molecular flexibility index (Phi) is 4.65. The number of carboxylic acids is 1. The van der Waals surface area contributed by atoms with Crippen molar-refractivity contribution in [2.45, 2.75) is 12.8 Å². The predicted molar refractivity (Wildman–Crippen MR) is 57.8 cm³/mol. The lowest BCUT2D eigenvalue weighted by atomic mass is 10.2. The van der Waals surface area contributed by atoms with E-state index in [1.165, 1.54) is 0 Å². The number of hydrogen-bond donors (Lipinski definition) is 1. The second kappa shape index (κ2) is 6.05. The fourth-order valence-corrected chi connectivity index (χ4v) is 1.06. The van der Waals surface area contributed by atoms with Crippen LogP contribution in [0.2, 0.25) is 0 Å². The van der Waals surface area contributed by atoms with Gasteiger partial charge in [-0.2, -0.15) is 0 Å². The molecule has 15 heavy (non-hydrogen) atoms. The first-order valence-corrected chi connectivity index (χ1v) is 4.97. The van der Waals surface area contributed by atoms with Gasteiger partial charge in [0.25, 0.3) is 0 Å². The number of pyridine rings is 1. The first kappa shape index (κ1) is 11.5. The zero-order valence-corrected chi connectivity index (χ0v) is 8.79. The van der Waals surface area contributed by atoms with Gasteiger partial charge in [-0.3, -0.25) is 9.78 Å². The minimum Gasteiger partial charge on any atom is -0.481 e. The van der Waals surface area contributed by atoms with Crippen LogP contribution in [0, 0.1) is 11.8 Å². The number of alkyl halides is 1. The van der Waals surface area contributed by atoms with Crippen LogP contribution in [0.25, 0.3) is 0 Å². The number of carboxylic acid groups (broad SMARTS) is 1. The molecular weight excluding hydrogens is 214 g/mol. The number of halogens is 1. The number of carbonyl (C=O) groups is 1. The van der Waals surface area contributed by atoms with Gasteiger partial charge in [0, 0.05) is 24.1 Å². The third kappa shape index (κ3) is 4.48. The topological polar surface area (TPSA) is 50.2 Å². The lowest BCUT2D eigenvalue weighted by Crippen LogP contribution is -2.01. The van der Waals surface area contributed by atoms with Crippen molar-refractivity contribution in [3.63, 3.8) is 0 Å². The van der Waals surface area contributed by atoms with Gasteiger partial charge < -0.3 is 5.11 Å². The number of nitrogens with zero attached hydrogens (tertiary/aromatic N) is 1. The summed E-state index contributed by atoms with van der Waals surface area (Å²) in [5.41, 5.74) is 1.31. The molecule has 1 aromatic heterocycles. The Morgan fingerprint density at radius 3 is 2.87 bits per heavy atom. The number of aromatic nitrogens is 1. The second-order valence-electron chi connectivity index (χ2n) is 2.85. The van der Waals surface area contributed by atoms with Gasteiger partial charge in [0.1, 0.15) is 0 Å². The van der Waals surface area contributed by atoms with Crippen LogP contribution in [-0.4, -0.2) is 21.9 Å². The molecule has 0 bridgehead atoms. The highest BCUT2D eigenvalue weighted by Crippen LogP contribution is 2.00. The fourth-order valence-electron chi connectivity index (χ4n) is 0.970. The average Bonchev–Trinajstić information content (AvgIpc) is 2.20. The highest BCUT2D eigenvalue weighted by atomic mass is 35.5. The zero-order chi connectivity index (χ0) is 11.1. The maximum Gasteiger partial charge on any atom is 0.309 e. The van der Waals surface area contributed by atoms with Gasteiger partial charge in [-0.25, -0.2) is 0 Å². The Balaban J connectivity index is 2.65. The maximum atomic E-state index is 10.4. The molecule has 0 aromatic carbocycles. The lowest BCUT2D eigenvalue weighted by Gasteiger charge is -1.95. The van der Waals surface area contributed by atoms with E-state index in [-0.39, 0.29) is 6.42 Å². The molecule has 0 spiro atoms. The van der Waals surface area contributed by atoms with Crippen molar-refractivity contribution >= 4 is 17.6 Å². The molecule has 1 aromatic rings. The molecule has 0 aliphatic rings. The fraction of sp³-hybridized carbons (Fsp3) is 0.273. The summed E-state index contributed by atoms with van der Waals surface area (Å²) in [4.78, 5) is 14.4. The molecular formula is C11H10ClNO2. The summed E-state index contributed by atoms with van der Waals surface area (Å²) in [5.74, 6) is 5.38. The predicted octanol–water partition coefficient (Wildman–Crippen LogP) is 1.69. The molecule has 0 fully saturated rings. The van der Waals surface area contributed by atoms with E-state index in [1.807, 2.05) is 0 Å². The van der Waals surface area contributed by atoms with Crippen molar-refractivity contribution in [2.24, 2.45) is 0 Å². The van der Waals surface area contributed by atoms with E-state index in [4.69, 9.17) is 16.7 Å². The first-order valence-electron chi connectivity index (χ1n) is 4.44. The molecule has 1 heterocycles. The molecule has 3 nitrogen and oxygen atoms in total. The van der Waals surface area contributed by atoms with E-state index < -0.39 is 5.97 Å². The molecule has 0 saturated heterocycles. The standard InChI is InChI=1S/C11H10ClNO2/c12-6-2-1-3-9-4-5-10(13-8-9)7-11(14)15/h4-5,8H,2,6-7H2,(H,14,15). The van der Waals surface area contributed by atoms with Crippen molar-refractivity contribution in [2.75, 3.05) is 5.88 Å². The van der Waals surface area contributed by atoms with Gasteiger partial charge in [0.15, 0.2) is 0 Å². The highest BCUT2D eigenvalue weighted by Gasteiger charge is 2.00.